The van der Waals surface area contributed by atoms with Gasteiger partial charge in [0.15, 0.2) is 8.07 Å². The Labute approximate surface area is 404 Å². The van der Waals surface area contributed by atoms with E-state index in [0.29, 0.717) is 0 Å². The second-order valence-corrected chi connectivity index (χ2v) is 22.2. The van der Waals surface area contributed by atoms with Crippen molar-refractivity contribution in [2.45, 2.75) is 5.41 Å². The van der Waals surface area contributed by atoms with Crippen molar-refractivity contribution in [2.24, 2.45) is 0 Å². The maximum absolute atomic E-state index is 2.87. The van der Waals surface area contributed by atoms with Gasteiger partial charge in [-0.15, -0.1) is 0 Å². The molecule has 0 atom stereocenters. The van der Waals surface area contributed by atoms with Crippen LogP contribution in [0.2, 0.25) is 0 Å². The maximum Gasteiger partial charge on any atom is 0.179 e. The standard InChI is InChI=1S/C67H47NSi/c1-7-21-48(22-8-1)49-35-39-54(40-36-49)68-65-34-20-19-33-61(65)62-45-50(38-44-66(62)68)51-37-42-59-60-43-41-58(47-64(60)67(63(59)46-51,52-23-9-2-10-24-52)53-25-11-3-12-26-53)69(55-27-13-4-14-28-55,56-29-15-5-16-30-56)57-31-17-6-18-32-57/h1-47H. The van der Waals surface area contributed by atoms with Crippen molar-refractivity contribution in [3.05, 3.63) is 307 Å². The Morgan fingerprint density at radius 3 is 1.28 bits per heavy atom. The van der Waals surface area contributed by atoms with Gasteiger partial charge in [0, 0.05) is 16.5 Å². The molecule has 0 fully saturated rings. The first-order valence-electron chi connectivity index (χ1n) is 24.0. The number of aromatic nitrogens is 1. The molecule has 1 heterocycles. The predicted octanol–water partition coefficient (Wildman–Crippen LogP) is 13.9. The fraction of sp³-hybridized carbons (Fsp3) is 0.0149. The van der Waals surface area contributed by atoms with Gasteiger partial charge in [-0.2, -0.15) is 0 Å². The molecule has 2 heteroatoms. The molecule has 0 unspecified atom stereocenters. The summed E-state index contributed by atoms with van der Waals surface area (Å²) in [6, 6.07) is 107. The van der Waals surface area contributed by atoms with Crippen LogP contribution in [0.25, 0.3) is 60.9 Å². The molecule has 1 aromatic heterocycles. The lowest BCUT2D eigenvalue weighted by molar-refractivity contribution is 0.769. The Morgan fingerprint density at radius 1 is 0.275 bits per heavy atom. The molecule has 1 nitrogen and oxygen atoms in total. The van der Waals surface area contributed by atoms with Crippen LogP contribution in [0.5, 0.6) is 0 Å². The number of hydrogen-bond acceptors (Lipinski definition) is 0. The molecule has 0 spiro atoms. The van der Waals surface area contributed by atoms with E-state index in [1.807, 2.05) is 0 Å². The van der Waals surface area contributed by atoms with Gasteiger partial charge in [0.1, 0.15) is 0 Å². The summed E-state index contributed by atoms with van der Waals surface area (Å²) in [4.78, 5) is 0. The van der Waals surface area contributed by atoms with Crippen LogP contribution in [-0.4, -0.2) is 12.6 Å². The third-order valence-electron chi connectivity index (χ3n) is 14.8. The molecule has 0 saturated heterocycles. The number of rotatable bonds is 9. The third kappa shape index (κ3) is 6.37. The zero-order valence-electron chi connectivity index (χ0n) is 38.1. The molecule has 0 bridgehead atoms. The predicted molar refractivity (Wildman–Crippen MR) is 293 cm³/mol. The van der Waals surface area contributed by atoms with Crippen molar-refractivity contribution >= 4 is 50.6 Å². The van der Waals surface area contributed by atoms with Crippen LogP contribution in [0.1, 0.15) is 22.3 Å². The lowest BCUT2D eigenvalue weighted by Crippen LogP contribution is -2.74. The van der Waals surface area contributed by atoms with E-state index in [9.17, 15) is 0 Å². The topological polar surface area (TPSA) is 4.93 Å². The van der Waals surface area contributed by atoms with E-state index in [-0.39, 0.29) is 0 Å². The van der Waals surface area contributed by atoms with Crippen LogP contribution in [0.4, 0.5) is 0 Å². The Kier molecular flexibility index (Phi) is 9.81. The molecular formula is C67H47NSi. The van der Waals surface area contributed by atoms with Gasteiger partial charge in [-0.05, 0) is 113 Å². The van der Waals surface area contributed by atoms with Crippen LogP contribution in [0, 0.1) is 0 Å². The highest BCUT2D eigenvalue weighted by molar-refractivity contribution is 7.19. The highest BCUT2D eigenvalue weighted by Crippen LogP contribution is 2.56. The molecule has 11 aromatic carbocycles. The normalized spacial score (nSPS) is 12.8. The van der Waals surface area contributed by atoms with Gasteiger partial charge in [0.25, 0.3) is 0 Å². The van der Waals surface area contributed by atoms with E-state index in [0.717, 1.165) is 5.69 Å². The Balaban J connectivity index is 1.03. The first-order valence-corrected chi connectivity index (χ1v) is 26.0. The van der Waals surface area contributed by atoms with Gasteiger partial charge in [-0.3, -0.25) is 0 Å². The molecule has 0 N–H and O–H groups in total. The first kappa shape index (κ1) is 40.7. The van der Waals surface area contributed by atoms with E-state index < -0.39 is 13.5 Å². The van der Waals surface area contributed by atoms with Crippen molar-refractivity contribution < 1.29 is 0 Å². The van der Waals surface area contributed by atoms with Crippen LogP contribution in [0.3, 0.4) is 0 Å². The molecule has 0 aliphatic heterocycles. The molecule has 12 aromatic rings. The molecule has 0 saturated carbocycles. The van der Waals surface area contributed by atoms with E-state index in [1.54, 1.807) is 0 Å². The smallest absolute Gasteiger partial charge is 0.179 e. The minimum absolute atomic E-state index is 0.602. The lowest BCUT2D eigenvalue weighted by Gasteiger charge is -2.37. The third-order valence-corrected chi connectivity index (χ3v) is 19.6. The van der Waals surface area contributed by atoms with Crippen LogP contribution >= 0.6 is 0 Å². The van der Waals surface area contributed by atoms with Gasteiger partial charge < -0.3 is 4.57 Å². The summed E-state index contributed by atoms with van der Waals surface area (Å²) in [7, 11) is -2.87. The Hall–Kier alpha value is -8.56. The summed E-state index contributed by atoms with van der Waals surface area (Å²) >= 11 is 0. The number of para-hydroxylation sites is 1. The van der Waals surface area contributed by atoms with Gasteiger partial charge in [-0.25, -0.2) is 0 Å². The zero-order valence-corrected chi connectivity index (χ0v) is 39.1. The monoisotopic (exact) mass is 893 g/mol. The quantitative estimate of drug-likeness (QED) is 0.100. The summed E-state index contributed by atoms with van der Waals surface area (Å²) in [5.74, 6) is 0. The Bertz CT molecular complexity index is 3650. The lowest BCUT2D eigenvalue weighted by atomic mass is 9.67. The van der Waals surface area contributed by atoms with E-state index >= 15 is 0 Å². The van der Waals surface area contributed by atoms with Crippen molar-refractivity contribution in [1.82, 2.24) is 4.57 Å². The molecule has 13 rings (SSSR count). The van der Waals surface area contributed by atoms with Gasteiger partial charge >= 0.3 is 0 Å². The minimum Gasteiger partial charge on any atom is -0.309 e. The van der Waals surface area contributed by atoms with Crippen LogP contribution < -0.4 is 20.7 Å². The largest absolute Gasteiger partial charge is 0.309 e. The highest BCUT2D eigenvalue weighted by Gasteiger charge is 2.49. The zero-order chi connectivity index (χ0) is 45.8. The Morgan fingerprint density at radius 2 is 0.696 bits per heavy atom. The molecule has 0 amide bonds. The van der Waals surface area contributed by atoms with Crippen LogP contribution in [-0.2, 0) is 5.41 Å². The van der Waals surface area contributed by atoms with Crippen molar-refractivity contribution in [3.8, 4) is 39.1 Å². The summed E-state index contributed by atoms with van der Waals surface area (Å²) in [6.07, 6.45) is 0. The summed E-state index contributed by atoms with van der Waals surface area (Å²) in [5, 5.41) is 7.95. The summed E-state index contributed by atoms with van der Waals surface area (Å²) in [5.41, 5.74) is 15.5. The molecule has 0 radical (unpaired) electrons. The molecule has 1 aliphatic carbocycles. The number of nitrogens with zero attached hydrogens (tertiary/aromatic N) is 1. The number of hydrogen-bond donors (Lipinski definition) is 0. The summed E-state index contributed by atoms with van der Waals surface area (Å²) < 4.78 is 2.42. The second kappa shape index (κ2) is 16.6. The highest BCUT2D eigenvalue weighted by atomic mass is 28.3. The SMILES string of the molecule is c1ccc(-c2ccc(-n3c4ccccc4c4cc(-c5ccc6c(c5)C(c5ccccc5)(c5ccccc5)c5cc([Si](c7ccccc7)(c7ccccc7)c7ccccc7)ccc5-6)ccc43)cc2)cc1. The van der Waals surface area contributed by atoms with Crippen LogP contribution in [0.15, 0.2) is 285 Å². The van der Waals surface area contributed by atoms with Crippen molar-refractivity contribution in [1.29, 1.82) is 0 Å². The molecule has 69 heavy (non-hydrogen) atoms. The molecule has 324 valence electrons. The average Bonchev–Trinajstić information content (AvgIpc) is 3.92. The number of benzene rings is 11. The van der Waals surface area contributed by atoms with E-state index in [1.165, 1.54) is 98.2 Å². The van der Waals surface area contributed by atoms with E-state index in [2.05, 4.69) is 290 Å². The van der Waals surface area contributed by atoms with Gasteiger partial charge in [0.05, 0.1) is 16.4 Å². The molecular weight excluding hydrogens is 847 g/mol. The second-order valence-electron chi connectivity index (χ2n) is 18.3. The average molecular weight is 894 g/mol. The number of fused-ring (bicyclic) bond motifs is 6. The fourth-order valence-electron chi connectivity index (χ4n) is 11.8. The van der Waals surface area contributed by atoms with Gasteiger partial charge in [-0.1, -0.05) is 249 Å². The fourth-order valence-corrected chi connectivity index (χ4v) is 16.6. The maximum atomic E-state index is 2.61. The van der Waals surface area contributed by atoms with Gasteiger partial charge in [0.2, 0.25) is 0 Å². The first-order chi connectivity index (χ1) is 34.2. The van der Waals surface area contributed by atoms with Crippen molar-refractivity contribution in [2.75, 3.05) is 0 Å². The summed E-state index contributed by atoms with van der Waals surface area (Å²) in [6.45, 7) is 0. The van der Waals surface area contributed by atoms with E-state index in [4.69, 9.17) is 0 Å². The van der Waals surface area contributed by atoms with Crippen molar-refractivity contribution in [3.63, 3.8) is 0 Å². The minimum atomic E-state index is -2.87. The molecule has 1 aliphatic rings.